The average Bonchev–Trinajstić information content (AvgIpc) is 3.03. The lowest BCUT2D eigenvalue weighted by Gasteiger charge is -2.08. The van der Waals surface area contributed by atoms with Crippen molar-refractivity contribution in [2.24, 2.45) is 11.5 Å². The summed E-state index contributed by atoms with van der Waals surface area (Å²) in [5, 5.41) is 20.8. The predicted molar refractivity (Wildman–Crippen MR) is 111 cm³/mol. The molecule has 0 saturated carbocycles. The molecule has 0 unspecified atom stereocenters. The van der Waals surface area contributed by atoms with Crippen molar-refractivity contribution in [1.82, 2.24) is 0 Å². The Kier molecular flexibility index (Phi) is 5.25. The molecule has 0 amide bonds. The highest BCUT2D eigenvalue weighted by Crippen LogP contribution is 2.37. The zero-order chi connectivity index (χ0) is 19.6. The van der Waals surface area contributed by atoms with Gasteiger partial charge in [0.05, 0.1) is 10.0 Å². The second-order valence-electron chi connectivity index (χ2n) is 5.63. The first-order valence-corrected chi connectivity index (χ1v) is 8.51. The molecule has 7 nitrogen and oxygen atoms in total. The fraction of sp³-hybridized carbons (Fsp3) is 0. The molecule has 9 heteroatoms. The van der Waals surface area contributed by atoms with Gasteiger partial charge in [0, 0.05) is 22.5 Å². The lowest BCUT2D eigenvalue weighted by Crippen LogP contribution is -2.20. The van der Waals surface area contributed by atoms with E-state index in [-0.39, 0.29) is 11.9 Å². The molecule has 138 valence electrons. The SMILES string of the molecule is N=C(N)Nc1ccc(-c2ccc(-c3ccc(NC(=N)N)cc3Cl)o2)c(Cl)c1. The Morgan fingerprint density at radius 3 is 1.48 bits per heavy atom. The maximum absolute atomic E-state index is 7.26. The van der Waals surface area contributed by atoms with E-state index in [4.69, 9.17) is 49.9 Å². The summed E-state index contributed by atoms with van der Waals surface area (Å²) in [6, 6.07) is 14.0. The molecule has 0 saturated heterocycles. The molecule has 0 spiro atoms. The van der Waals surface area contributed by atoms with Gasteiger partial charge in [-0.15, -0.1) is 0 Å². The molecule has 0 aliphatic rings. The Bertz CT molecular complexity index is 950. The molecule has 8 N–H and O–H groups in total. The Morgan fingerprint density at radius 2 is 1.15 bits per heavy atom. The number of rotatable bonds is 4. The highest BCUT2D eigenvalue weighted by molar-refractivity contribution is 6.34. The summed E-state index contributed by atoms with van der Waals surface area (Å²) >= 11 is 12.7. The summed E-state index contributed by atoms with van der Waals surface area (Å²) in [7, 11) is 0. The van der Waals surface area contributed by atoms with E-state index in [9.17, 15) is 0 Å². The Labute approximate surface area is 165 Å². The highest BCUT2D eigenvalue weighted by Gasteiger charge is 2.13. The van der Waals surface area contributed by atoms with Crippen LogP contribution < -0.4 is 22.1 Å². The molecule has 1 aromatic heterocycles. The molecule has 0 bridgehead atoms. The number of benzene rings is 2. The van der Waals surface area contributed by atoms with E-state index < -0.39 is 0 Å². The normalized spacial score (nSPS) is 10.4. The molecule has 3 aromatic rings. The molecule has 0 fully saturated rings. The van der Waals surface area contributed by atoms with Crippen LogP contribution in [0.15, 0.2) is 52.9 Å². The van der Waals surface area contributed by atoms with Gasteiger partial charge in [0.15, 0.2) is 11.9 Å². The van der Waals surface area contributed by atoms with Crippen molar-refractivity contribution in [2.75, 3.05) is 10.6 Å². The van der Waals surface area contributed by atoms with Gasteiger partial charge < -0.3 is 26.5 Å². The largest absolute Gasteiger partial charge is 0.456 e. The second kappa shape index (κ2) is 7.61. The molecular formula is C18H16Cl2N6O. The minimum atomic E-state index is -0.170. The van der Waals surface area contributed by atoms with E-state index in [0.29, 0.717) is 44.1 Å². The van der Waals surface area contributed by atoms with Gasteiger partial charge in [-0.1, -0.05) is 23.2 Å². The van der Waals surface area contributed by atoms with Gasteiger partial charge in [-0.25, -0.2) is 0 Å². The van der Waals surface area contributed by atoms with Crippen LogP contribution in [-0.2, 0) is 0 Å². The lowest BCUT2D eigenvalue weighted by atomic mass is 10.1. The Hall–Kier alpha value is -3.16. The maximum Gasteiger partial charge on any atom is 0.190 e. The van der Waals surface area contributed by atoms with Crippen LogP contribution in [0.1, 0.15) is 0 Å². The van der Waals surface area contributed by atoms with Crippen molar-refractivity contribution >= 4 is 46.5 Å². The van der Waals surface area contributed by atoms with Gasteiger partial charge in [-0.2, -0.15) is 0 Å². The third kappa shape index (κ3) is 4.33. The van der Waals surface area contributed by atoms with Crippen LogP contribution in [0.25, 0.3) is 22.6 Å². The number of nitrogens with one attached hydrogen (secondary N) is 4. The summed E-state index contributed by atoms with van der Waals surface area (Å²) in [4.78, 5) is 0. The molecule has 0 atom stereocenters. The summed E-state index contributed by atoms with van der Waals surface area (Å²) in [5.74, 6) is 0.811. The van der Waals surface area contributed by atoms with E-state index >= 15 is 0 Å². The molecule has 0 aliphatic heterocycles. The fourth-order valence-electron chi connectivity index (χ4n) is 2.52. The fourth-order valence-corrected chi connectivity index (χ4v) is 3.07. The molecule has 0 radical (unpaired) electrons. The molecule has 27 heavy (non-hydrogen) atoms. The lowest BCUT2D eigenvalue weighted by molar-refractivity contribution is 0.597. The Balaban J connectivity index is 1.89. The van der Waals surface area contributed by atoms with Crippen LogP contribution in [-0.4, -0.2) is 11.9 Å². The number of guanidine groups is 2. The van der Waals surface area contributed by atoms with E-state index in [1.807, 2.05) is 0 Å². The first-order valence-electron chi connectivity index (χ1n) is 7.75. The standard InChI is InChI=1S/C18H16Cl2N6O/c19-13-7-9(25-17(21)22)1-3-11(13)15-5-6-16(27-15)12-4-2-10(8-14(12)20)26-18(23)24/h1-8H,(H4,21,22,25)(H4,23,24,26). The van der Waals surface area contributed by atoms with Crippen LogP contribution in [0, 0.1) is 10.8 Å². The zero-order valence-corrected chi connectivity index (χ0v) is 15.4. The van der Waals surface area contributed by atoms with Gasteiger partial charge in [-0.05, 0) is 48.5 Å². The minimum Gasteiger partial charge on any atom is -0.456 e. The predicted octanol–water partition coefficient (Wildman–Crippen LogP) is 4.53. The van der Waals surface area contributed by atoms with Crippen molar-refractivity contribution in [1.29, 1.82) is 10.8 Å². The van der Waals surface area contributed by atoms with Crippen LogP contribution in [0.5, 0.6) is 0 Å². The van der Waals surface area contributed by atoms with Gasteiger partial charge in [0.2, 0.25) is 0 Å². The number of furan rings is 1. The van der Waals surface area contributed by atoms with E-state index in [2.05, 4.69) is 10.6 Å². The number of anilines is 2. The molecule has 2 aromatic carbocycles. The number of halogens is 2. The minimum absolute atomic E-state index is 0.170. The molecular weight excluding hydrogens is 387 g/mol. The highest BCUT2D eigenvalue weighted by atomic mass is 35.5. The van der Waals surface area contributed by atoms with Crippen molar-refractivity contribution < 1.29 is 4.42 Å². The van der Waals surface area contributed by atoms with Gasteiger partial charge in [0.1, 0.15) is 11.5 Å². The molecule has 3 rings (SSSR count). The van der Waals surface area contributed by atoms with Crippen molar-refractivity contribution in [2.45, 2.75) is 0 Å². The first kappa shape index (κ1) is 18.6. The second-order valence-corrected chi connectivity index (χ2v) is 6.44. The third-order valence-electron chi connectivity index (χ3n) is 3.63. The summed E-state index contributed by atoms with van der Waals surface area (Å²) < 4.78 is 5.92. The van der Waals surface area contributed by atoms with Crippen molar-refractivity contribution in [3.05, 3.63) is 58.6 Å². The monoisotopic (exact) mass is 402 g/mol. The average molecular weight is 403 g/mol. The maximum atomic E-state index is 7.26. The third-order valence-corrected chi connectivity index (χ3v) is 4.26. The Morgan fingerprint density at radius 1 is 0.741 bits per heavy atom. The summed E-state index contributed by atoms with van der Waals surface area (Å²) in [6.07, 6.45) is 0. The molecule has 0 aliphatic carbocycles. The number of hydrogen-bond donors (Lipinski definition) is 6. The van der Waals surface area contributed by atoms with Gasteiger partial charge in [0.25, 0.3) is 0 Å². The van der Waals surface area contributed by atoms with Gasteiger partial charge >= 0.3 is 0 Å². The van der Waals surface area contributed by atoms with Crippen LogP contribution in [0.4, 0.5) is 11.4 Å². The molecule has 1 heterocycles. The quantitative estimate of drug-likeness (QED) is 0.281. The summed E-state index contributed by atoms with van der Waals surface area (Å²) in [6.45, 7) is 0. The van der Waals surface area contributed by atoms with Crippen molar-refractivity contribution in [3.63, 3.8) is 0 Å². The van der Waals surface area contributed by atoms with Crippen LogP contribution >= 0.6 is 23.2 Å². The van der Waals surface area contributed by atoms with Gasteiger partial charge in [-0.3, -0.25) is 10.8 Å². The van der Waals surface area contributed by atoms with E-state index in [0.717, 1.165) is 0 Å². The zero-order valence-electron chi connectivity index (χ0n) is 13.9. The van der Waals surface area contributed by atoms with Crippen molar-refractivity contribution in [3.8, 4) is 22.6 Å². The van der Waals surface area contributed by atoms with E-state index in [1.54, 1.807) is 48.5 Å². The first-order chi connectivity index (χ1) is 12.8. The van der Waals surface area contributed by atoms with Crippen LogP contribution in [0.3, 0.4) is 0 Å². The topological polar surface area (TPSA) is 137 Å². The van der Waals surface area contributed by atoms with Crippen LogP contribution in [0.2, 0.25) is 10.0 Å². The number of hydrogen-bond acceptors (Lipinski definition) is 3. The van der Waals surface area contributed by atoms with E-state index in [1.165, 1.54) is 0 Å². The summed E-state index contributed by atoms with van der Waals surface area (Å²) in [5.41, 5.74) is 13.3. The number of nitrogens with two attached hydrogens (primary N) is 2. The smallest absolute Gasteiger partial charge is 0.190 e.